The summed E-state index contributed by atoms with van der Waals surface area (Å²) in [7, 11) is 0. The second kappa shape index (κ2) is 23.9. The van der Waals surface area contributed by atoms with Gasteiger partial charge in [-0.2, -0.15) is 0 Å². The molecule has 1 radical (unpaired) electrons. The average Bonchev–Trinajstić information content (AvgIpc) is 2.85. The SMILES string of the molecule is C[CH]c1cc(CCCCCCCCCCCCC)nc(CCCCCCCCCCCCC)c1. The Labute approximate surface area is 215 Å². The van der Waals surface area contributed by atoms with Gasteiger partial charge in [0.2, 0.25) is 0 Å². The quantitative estimate of drug-likeness (QED) is 0.129. The van der Waals surface area contributed by atoms with Gasteiger partial charge in [-0.3, -0.25) is 4.98 Å². The van der Waals surface area contributed by atoms with Gasteiger partial charge in [-0.25, -0.2) is 0 Å². The summed E-state index contributed by atoms with van der Waals surface area (Å²) in [5.41, 5.74) is 4.01. The van der Waals surface area contributed by atoms with Crippen molar-refractivity contribution in [3.63, 3.8) is 0 Å². The summed E-state index contributed by atoms with van der Waals surface area (Å²) in [6, 6.07) is 4.64. The highest BCUT2D eigenvalue weighted by Gasteiger charge is 2.04. The molecule has 1 heteroatoms. The molecule has 1 heterocycles. The van der Waals surface area contributed by atoms with Crippen molar-refractivity contribution in [3.8, 4) is 0 Å². The Morgan fingerprint density at radius 1 is 0.471 bits per heavy atom. The zero-order valence-corrected chi connectivity index (χ0v) is 23.6. The van der Waals surface area contributed by atoms with Gasteiger partial charge in [0.1, 0.15) is 0 Å². The Morgan fingerprint density at radius 3 is 1.06 bits per heavy atom. The zero-order valence-electron chi connectivity index (χ0n) is 23.6. The van der Waals surface area contributed by atoms with E-state index in [4.69, 9.17) is 4.98 Å². The molecule has 1 nitrogen and oxygen atoms in total. The molecule has 34 heavy (non-hydrogen) atoms. The Hall–Kier alpha value is -0.850. The molecule has 0 aliphatic carbocycles. The van der Waals surface area contributed by atoms with Crippen LogP contribution in [0.15, 0.2) is 12.1 Å². The predicted molar refractivity (Wildman–Crippen MR) is 154 cm³/mol. The molecule has 1 aromatic heterocycles. The number of hydrogen-bond donors (Lipinski definition) is 0. The first-order valence-electron chi connectivity index (χ1n) is 15.6. The fourth-order valence-corrected chi connectivity index (χ4v) is 5.04. The van der Waals surface area contributed by atoms with Gasteiger partial charge in [0, 0.05) is 11.4 Å². The van der Waals surface area contributed by atoms with Crippen LogP contribution in [0.2, 0.25) is 0 Å². The summed E-state index contributed by atoms with van der Waals surface area (Å²) in [6.45, 7) is 6.76. The fraction of sp³-hybridized carbons (Fsp3) is 0.818. The minimum atomic E-state index is 1.16. The van der Waals surface area contributed by atoms with E-state index >= 15 is 0 Å². The van der Waals surface area contributed by atoms with E-state index in [0.29, 0.717) is 0 Å². The smallest absolute Gasteiger partial charge is 0.0409 e. The summed E-state index contributed by atoms with van der Waals surface area (Å²) in [6.07, 6.45) is 35.6. The molecule has 0 amide bonds. The van der Waals surface area contributed by atoms with Gasteiger partial charge >= 0.3 is 0 Å². The number of nitrogens with zero attached hydrogens (tertiary/aromatic N) is 1. The minimum Gasteiger partial charge on any atom is -0.258 e. The highest BCUT2D eigenvalue weighted by Crippen LogP contribution is 2.17. The Balaban J connectivity index is 2.10. The maximum atomic E-state index is 5.03. The number of pyridine rings is 1. The van der Waals surface area contributed by atoms with Crippen molar-refractivity contribution in [2.24, 2.45) is 0 Å². The molecule has 0 aliphatic heterocycles. The Kier molecular flexibility index (Phi) is 21.9. The number of aromatic nitrogens is 1. The van der Waals surface area contributed by atoms with Crippen LogP contribution in [-0.4, -0.2) is 4.98 Å². The molecule has 0 saturated carbocycles. The van der Waals surface area contributed by atoms with Crippen LogP contribution in [0.25, 0.3) is 0 Å². The van der Waals surface area contributed by atoms with Crippen LogP contribution in [0.4, 0.5) is 0 Å². The lowest BCUT2D eigenvalue weighted by atomic mass is 10.0. The van der Waals surface area contributed by atoms with Crippen LogP contribution in [-0.2, 0) is 12.8 Å². The summed E-state index contributed by atoms with van der Waals surface area (Å²) in [4.78, 5) is 5.03. The monoisotopic (exact) mass is 470 g/mol. The van der Waals surface area contributed by atoms with E-state index in [1.807, 2.05) is 0 Å². The lowest BCUT2D eigenvalue weighted by Gasteiger charge is -2.09. The van der Waals surface area contributed by atoms with Crippen molar-refractivity contribution in [3.05, 3.63) is 35.5 Å². The molecule has 197 valence electrons. The maximum absolute atomic E-state index is 5.03. The van der Waals surface area contributed by atoms with Gasteiger partial charge in [-0.1, -0.05) is 149 Å². The molecule has 0 bridgehead atoms. The summed E-state index contributed by atoms with van der Waals surface area (Å²) in [5.74, 6) is 0. The second-order valence-corrected chi connectivity index (χ2v) is 10.7. The van der Waals surface area contributed by atoms with E-state index < -0.39 is 0 Å². The van der Waals surface area contributed by atoms with E-state index in [-0.39, 0.29) is 0 Å². The predicted octanol–water partition coefficient (Wildman–Crippen LogP) is 11.4. The zero-order chi connectivity index (χ0) is 24.5. The number of hydrogen-bond acceptors (Lipinski definition) is 1. The Morgan fingerprint density at radius 2 is 0.765 bits per heavy atom. The van der Waals surface area contributed by atoms with Crippen LogP contribution < -0.4 is 0 Å². The first-order chi connectivity index (χ1) is 16.8. The lowest BCUT2D eigenvalue weighted by molar-refractivity contribution is 0.547. The lowest BCUT2D eigenvalue weighted by Crippen LogP contribution is -1.99. The summed E-state index contributed by atoms with van der Waals surface area (Å²) >= 11 is 0. The maximum Gasteiger partial charge on any atom is 0.0409 e. The third-order valence-electron chi connectivity index (χ3n) is 7.36. The van der Waals surface area contributed by atoms with E-state index in [2.05, 4.69) is 39.3 Å². The van der Waals surface area contributed by atoms with Crippen molar-refractivity contribution in [1.29, 1.82) is 0 Å². The molecule has 0 fully saturated rings. The van der Waals surface area contributed by atoms with Crippen molar-refractivity contribution in [2.75, 3.05) is 0 Å². The van der Waals surface area contributed by atoms with Crippen LogP contribution in [0.3, 0.4) is 0 Å². The second-order valence-electron chi connectivity index (χ2n) is 10.7. The summed E-state index contributed by atoms with van der Waals surface area (Å²) < 4.78 is 0. The molecule has 1 rings (SSSR count). The van der Waals surface area contributed by atoms with Crippen molar-refractivity contribution < 1.29 is 0 Å². The molecule has 0 unspecified atom stereocenters. The Bertz CT molecular complexity index is 505. The largest absolute Gasteiger partial charge is 0.258 e. The van der Waals surface area contributed by atoms with Crippen molar-refractivity contribution in [2.45, 2.75) is 175 Å². The van der Waals surface area contributed by atoms with Crippen LogP contribution >= 0.6 is 0 Å². The molecule has 0 atom stereocenters. The molecule has 0 aliphatic rings. The van der Waals surface area contributed by atoms with E-state index in [0.717, 1.165) is 12.8 Å². The highest BCUT2D eigenvalue weighted by molar-refractivity contribution is 5.27. The topological polar surface area (TPSA) is 12.9 Å². The van der Waals surface area contributed by atoms with E-state index in [1.54, 1.807) is 0 Å². The van der Waals surface area contributed by atoms with Gasteiger partial charge in [0.25, 0.3) is 0 Å². The van der Waals surface area contributed by atoms with Crippen LogP contribution in [0.5, 0.6) is 0 Å². The van der Waals surface area contributed by atoms with E-state index in [9.17, 15) is 0 Å². The first kappa shape index (κ1) is 31.2. The molecule has 0 N–H and O–H groups in total. The van der Waals surface area contributed by atoms with Gasteiger partial charge in [0.05, 0.1) is 0 Å². The van der Waals surface area contributed by atoms with Gasteiger partial charge < -0.3 is 0 Å². The highest BCUT2D eigenvalue weighted by atomic mass is 14.7. The minimum absolute atomic E-state index is 1.16. The molecule has 1 aromatic rings. The third kappa shape index (κ3) is 18.5. The third-order valence-corrected chi connectivity index (χ3v) is 7.36. The number of unbranched alkanes of at least 4 members (excludes halogenated alkanes) is 20. The number of aryl methyl sites for hydroxylation is 2. The first-order valence-corrected chi connectivity index (χ1v) is 15.6. The van der Waals surface area contributed by atoms with E-state index in [1.165, 1.54) is 158 Å². The van der Waals surface area contributed by atoms with Gasteiger partial charge in [-0.15, -0.1) is 0 Å². The van der Waals surface area contributed by atoms with Crippen LogP contribution in [0.1, 0.15) is 179 Å². The molecular formula is C33H60N. The van der Waals surface area contributed by atoms with Crippen molar-refractivity contribution in [1.82, 2.24) is 4.98 Å². The van der Waals surface area contributed by atoms with Gasteiger partial charge in [0.15, 0.2) is 0 Å². The molecular weight excluding hydrogens is 410 g/mol. The fourth-order valence-electron chi connectivity index (χ4n) is 5.04. The van der Waals surface area contributed by atoms with Crippen LogP contribution in [0, 0.1) is 6.42 Å². The molecule has 0 aromatic carbocycles. The standard InChI is InChI=1S/C33H60N/c1-4-7-9-11-13-15-17-19-21-23-25-27-32-29-31(6-3)30-33(34-32)28-26-24-22-20-18-16-14-12-10-8-5-2/h6,29-30H,4-5,7-28H2,1-3H3. The normalized spacial score (nSPS) is 11.4. The molecule has 0 saturated heterocycles. The van der Waals surface area contributed by atoms with Crippen molar-refractivity contribution >= 4 is 0 Å². The number of rotatable bonds is 25. The molecule has 0 spiro atoms. The van der Waals surface area contributed by atoms with Gasteiger partial charge in [-0.05, 0) is 49.8 Å². The average molecular weight is 471 g/mol. The summed E-state index contributed by atoms with van der Waals surface area (Å²) in [5, 5.41) is 0.